The Hall–Kier alpha value is -1.38. The lowest BCUT2D eigenvalue weighted by atomic mass is 10.2. The first kappa shape index (κ1) is 19.9. The first-order valence-corrected chi connectivity index (χ1v) is 11.0. The van der Waals surface area contributed by atoms with Crippen LogP contribution >= 0.6 is 11.3 Å². The summed E-state index contributed by atoms with van der Waals surface area (Å²) >= 11 is 1.35. The number of rotatable bonds is 8. The zero-order valence-electron chi connectivity index (χ0n) is 15.2. The molecule has 0 amide bonds. The van der Waals surface area contributed by atoms with Crippen molar-refractivity contribution in [3.05, 3.63) is 29.2 Å². The van der Waals surface area contributed by atoms with E-state index in [1.165, 1.54) is 15.6 Å². The van der Waals surface area contributed by atoms with Crippen molar-refractivity contribution in [3.8, 4) is 0 Å². The highest BCUT2D eigenvalue weighted by Gasteiger charge is 2.23. The van der Waals surface area contributed by atoms with Gasteiger partial charge >= 0.3 is 0 Å². The molecule has 0 radical (unpaired) electrons. The zero-order chi connectivity index (χ0) is 18.3. The van der Waals surface area contributed by atoms with Gasteiger partial charge in [0, 0.05) is 37.6 Å². The predicted octanol–water partition coefficient (Wildman–Crippen LogP) is 2.20. The number of hydrogen-bond donors (Lipinski definition) is 2. The molecule has 1 heterocycles. The molecule has 8 heteroatoms. The third-order valence-corrected chi connectivity index (χ3v) is 7.84. The largest absolute Gasteiger partial charge is 0.356 e. The maximum atomic E-state index is 12.5. The molecule has 0 saturated carbocycles. The summed E-state index contributed by atoms with van der Waals surface area (Å²) in [4.78, 5) is 5.29. The lowest BCUT2D eigenvalue weighted by Crippen LogP contribution is -2.43. The SMILES string of the molecule is CCN(CC)S(=O)(=O)c1ccc(CCNC(=NC)NC2CC=CC2)s1. The van der Waals surface area contributed by atoms with Crippen LogP contribution in [0.1, 0.15) is 31.6 Å². The van der Waals surface area contributed by atoms with Gasteiger partial charge in [-0.05, 0) is 31.4 Å². The Kier molecular flexibility index (Phi) is 7.46. The third-order valence-electron chi connectivity index (χ3n) is 4.17. The average Bonchev–Trinajstić information content (AvgIpc) is 3.26. The fourth-order valence-corrected chi connectivity index (χ4v) is 5.72. The van der Waals surface area contributed by atoms with Crippen LogP contribution in [0.2, 0.25) is 0 Å². The Bertz CT molecular complexity index is 698. The van der Waals surface area contributed by atoms with Gasteiger partial charge in [-0.15, -0.1) is 11.3 Å². The van der Waals surface area contributed by atoms with Crippen molar-refractivity contribution in [2.45, 2.75) is 43.4 Å². The Morgan fingerprint density at radius 3 is 2.56 bits per heavy atom. The molecule has 0 aromatic carbocycles. The van der Waals surface area contributed by atoms with E-state index in [9.17, 15) is 8.42 Å². The van der Waals surface area contributed by atoms with E-state index in [-0.39, 0.29) is 0 Å². The lowest BCUT2D eigenvalue weighted by molar-refractivity contribution is 0.447. The minimum absolute atomic E-state index is 0.416. The van der Waals surface area contributed by atoms with Crippen LogP contribution in [-0.2, 0) is 16.4 Å². The molecule has 25 heavy (non-hydrogen) atoms. The summed E-state index contributed by atoms with van der Waals surface area (Å²) in [6.07, 6.45) is 7.17. The van der Waals surface area contributed by atoms with E-state index in [0.29, 0.717) is 29.9 Å². The van der Waals surface area contributed by atoms with Gasteiger partial charge in [-0.3, -0.25) is 4.99 Å². The van der Waals surface area contributed by atoms with Crippen LogP contribution in [0.25, 0.3) is 0 Å². The summed E-state index contributed by atoms with van der Waals surface area (Å²) < 4.78 is 26.9. The predicted molar refractivity (Wildman–Crippen MR) is 105 cm³/mol. The highest BCUT2D eigenvalue weighted by Crippen LogP contribution is 2.25. The van der Waals surface area contributed by atoms with Crippen LogP contribution in [0.5, 0.6) is 0 Å². The van der Waals surface area contributed by atoms with E-state index in [2.05, 4.69) is 27.8 Å². The van der Waals surface area contributed by atoms with E-state index in [4.69, 9.17) is 0 Å². The van der Waals surface area contributed by atoms with Gasteiger partial charge in [-0.25, -0.2) is 8.42 Å². The second kappa shape index (κ2) is 9.35. The molecule has 0 spiro atoms. The molecule has 2 rings (SSSR count). The molecule has 0 bridgehead atoms. The van der Waals surface area contributed by atoms with Crippen LogP contribution in [0.3, 0.4) is 0 Å². The molecule has 0 fully saturated rings. The number of hydrogen-bond acceptors (Lipinski definition) is 4. The van der Waals surface area contributed by atoms with Crippen LogP contribution in [0, 0.1) is 0 Å². The van der Waals surface area contributed by atoms with Gasteiger partial charge in [0.1, 0.15) is 4.21 Å². The zero-order valence-corrected chi connectivity index (χ0v) is 16.8. The van der Waals surface area contributed by atoms with Gasteiger partial charge in [0.05, 0.1) is 0 Å². The van der Waals surface area contributed by atoms with Crippen molar-refractivity contribution in [2.75, 3.05) is 26.7 Å². The molecular formula is C17H28N4O2S2. The van der Waals surface area contributed by atoms with Gasteiger partial charge in [0.15, 0.2) is 5.96 Å². The minimum Gasteiger partial charge on any atom is -0.356 e. The van der Waals surface area contributed by atoms with Gasteiger partial charge < -0.3 is 10.6 Å². The fraction of sp³-hybridized carbons (Fsp3) is 0.588. The number of nitrogens with zero attached hydrogens (tertiary/aromatic N) is 2. The molecule has 0 saturated heterocycles. The van der Waals surface area contributed by atoms with Gasteiger partial charge in [0.25, 0.3) is 10.0 Å². The third kappa shape index (κ3) is 5.29. The molecule has 2 N–H and O–H groups in total. The molecule has 0 atom stereocenters. The standard InChI is InChI=1S/C17H28N4O2S2/c1-4-21(5-2)25(22,23)16-11-10-15(24-16)12-13-19-17(18-3)20-14-8-6-7-9-14/h6-7,10-11,14H,4-5,8-9,12-13H2,1-3H3,(H2,18,19,20). The van der Waals surface area contributed by atoms with Crippen molar-refractivity contribution in [1.82, 2.24) is 14.9 Å². The molecule has 1 aromatic heterocycles. The highest BCUT2D eigenvalue weighted by atomic mass is 32.2. The fourth-order valence-electron chi connectivity index (χ4n) is 2.75. The number of thiophene rings is 1. The van der Waals surface area contributed by atoms with Crippen LogP contribution in [-0.4, -0.2) is 51.4 Å². The number of nitrogens with one attached hydrogen (secondary N) is 2. The number of aliphatic imine (C=N–C) groups is 1. The Balaban J connectivity index is 1.86. The van der Waals surface area contributed by atoms with Crippen molar-refractivity contribution >= 4 is 27.3 Å². The Labute approximate surface area is 155 Å². The number of sulfonamides is 1. The second-order valence-corrected chi connectivity index (χ2v) is 9.18. The molecule has 1 aliphatic rings. The van der Waals surface area contributed by atoms with E-state index in [1.54, 1.807) is 13.1 Å². The highest BCUT2D eigenvalue weighted by molar-refractivity contribution is 7.91. The topological polar surface area (TPSA) is 73.8 Å². The normalized spacial score (nSPS) is 15.9. The maximum Gasteiger partial charge on any atom is 0.252 e. The molecule has 0 aliphatic heterocycles. The molecule has 1 aliphatic carbocycles. The summed E-state index contributed by atoms with van der Waals surface area (Å²) in [5, 5.41) is 6.68. The smallest absolute Gasteiger partial charge is 0.252 e. The van der Waals surface area contributed by atoms with E-state index in [0.717, 1.165) is 30.1 Å². The molecular weight excluding hydrogens is 356 g/mol. The van der Waals surface area contributed by atoms with Gasteiger partial charge in [-0.1, -0.05) is 26.0 Å². The van der Waals surface area contributed by atoms with Crippen molar-refractivity contribution < 1.29 is 8.42 Å². The lowest BCUT2D eigenvalue weighted by Gasteiger charge is -2.17. The van der Waals surface area contributed by atoms with Gasteiger partial charge in [0.2, 0.25) is 0 Å². The van der Waals surface area contributed by atoms with Crippen LogP contribution in [0.4, 0.5) is 0 Å². The van der Waals surface area contributed by atoms with Crippen LogP contribution in [0.15, 0.2) is 33.5 Å². The molecule has 0 unspecified atom stereocenters. The molecule has 1 aromatic rings. The number of guanidine groups is 1. The summed E-state index contributed by atoms with van der Waals surface area (Å²) in [7, 11) is -1.59. The van der Waals surface area contributed by atoms with E-state index in [1.807, 2.05) is 19.9 Å². The molecule has 140 valence electrons. The minimum atomic E-state index is -3.35. The Morgan fingerprint density at radius 1 is 1.28 bits per heavy atom. The van der Waals surface area contributed by atoms with Crippen LogP contribution < -0.4 is 10.6 Å². The summed E-state index contributed by atoms with van der Waals surface area (Å²) in [5.41, 5.74) is 0. The monoisotopic (exact) mass is 384 g/mol. The Morgan fingerprint density at radius 2 is 1.96 bits per heavy atom. The summed E-state index contributed by atoms with van der Waals surface area (Å²) in [6, 6.07) is 4.03. The van der Waals surface area contributed by atoms with Crippen molar-refractivity contribution in [3.63, 3.8) is 0 Å². The van der Waals surface area contributed by atoms with E-state index < -0.39 is 10.0 Å². The van der Waals surface area contributed by atoms with Crippen molar-refractivity contribution in [1.29, 1.82) is 0 Å². The van der Waals surface area contributed by atoms with Gasteiger partial charge in [-0.2, -0.15) is 4.31 Å². The summed E-state index contributed by atoms with van der Waals surface area (Å²) in [6.45, 7) is 5.41. The summed E-state index contributed by atoms with van der Waals surface area (Å²) in [5.74, 6) is 0.793. The molecule has 6 nitrogen and oxygen atoms in total. The first-order valence-electron chi connectivity index (χ1n) is 8.72. The quantitative estimate of drug-likeness (QED) is 0.409. The average molecular weight is 385 g/mol. The second-order valence-electron chi connectivity index (χ2n) is 5.84. The van der Waals surface area contributed by atoms with E-state index >= 15 is 0 Å². The first-order chi connectivity index (χ1) is 12.0. The van der Waals surface area contributed by atoms with Crippen molar-refractivity contribution in [2.24, 2.45) is 4.99 Å². The maximum absolute atomic E-state index is 12.5.